The van der Waals surface area contributed by atoms with Gasteiger partial charge in [-0.25, -0.2) is 9.13 Å². The molecule has 3 N–H and O–H groups in total. The largest absolute Gasteiger partial charge is 0.472 e. The van der Waals surface area contributed by atoms with Crippen molar-refractivity contribution in [3.8, 4) is 0 Å². The standard InChI is InChI=1S/C70H136O17P2/c1-6-9-12-15-18-21-23-25-26-28-30-35-40-45-50-55-69(74)86-66(60-81-68(73)54-49-44-39-34-29-27-24-22-19-16-13-10-7-2)62-85-89(78,79)83-58-64(71)57-82-88(76,77)84-61-65(59-80-67(72)53-48-43-38-32-20-17-14-11-8-3)87-70(75)56-51-46-41-36-31-33-37-42-47-52-63(4)5/h63-66,71H,6-62H2,1-5H3,(H,76,77)(H,78,79)/t64-,65+,66+/m0/s1. The predicted octanol–water partition coefficient (Wildman–Crippen LogP) is 20.1. The first-order chi connectivity index (χ1) is 43.0. The smallest absolute Gasteiger partial charge is 0.462 e. The van der Waals surface area contributed by atoms with Gasteiger partial charge in [-0.05, 0) is 31.6 Å². The summed E-state index contributed by atoms with van der Waals surface area (Å²) < 4.78 is 68.3. The van der Waals surface area contributed by atoms with Gasteiger partial charge >= 0.3 is 39.5 Å². The fourth-order valence-electron chi connectivity index (χ4n) is 10.6. The molecule has 0 saturated carbocycles. The SMILES string of the molecule is CCCCCCCCCCCCCCCCCC(=O)O[C@H](COC(=O)CCCCCCCCCCCCCCC)COP(=O)(O)OC[C@@H](O)COP(=O)(O)OC[C@@H](COC(=O)CCCCCCCCCCC)OC(=O)CCCCCCCCCCCC(C)C. The van der Waals surface area contributed by atoms with Gasteiger partial charge in [0.25, 0.3) is 0 Å². The third-order valence-electron chi connectivity index (χ3n) is 16.3. The third-order valence-corrected chi connectivity index (χ3v) is 18.2. The second kappa shape index (κ2) is 63.5. The van der Waals surface area contributed by atoms with E-state index in [1.54, 1.807) is 0 Å². The van der Waals surface area contributed by atoms with Crippen molar-refractivity contribution >= 4 is 39.5 Å². The maximum atomic E-state index is 13.0. The first kappa shape index (κ1) is 87.1. The molecule has 0 rings (SSSR count). The van der Waals surface area contributed by atoms with E-state index in [2.05, 4.69) is 34.6 Å². The fourth-order valence-corrected chi connectivity index (χ4v) is 12.2. The van der Waals surface area contributed by atoms with Crippen molar-refractivity contribution in [2.75, 3.05) is 39.6 Å². The van der Waals surface area contributed by atoms with Crippen molar-refractivity contribution in [3.05, 3.63) is 0 Å². The van der Waals surface area contributed by atoms with E-state index in [-0.39, 0.29) is 25.7 Å². The summed E-state index contributed by atoms with van der Waals surface area (Å²) in [6.07, 6.45) is 49.8. The number of carbonyl (C=O) groups excluding carboxylic acids is 4. The van der Waals surface area contributed by atoms with Crippen LogP contribution >= 0.6 is 15.6 Å². The predicted molar refractivity (Wildman–Crippen MR) is 358 cm³/mol. The molecule has 19 heteroatoms. The molecule has 0 aromatic carbocycles. The number of ether oxygens (including phenoxy) is 4. The highest BCUT2D eigenvalue weighted by molar-refractivity contribution is 7.47. The number of phosphoric ester groups is 2. The molecule has 0 aliphatic heterocycles. The van der Waals surface area contributed by atoms with Gasteiger partial charge < -0.3 is 33.8 Å². The molecule has 0 amide bonds. The zero-order valence-corrected chi connectivity index (χ0v) is 59.4. The minimum absolute atomic E-state index is 0.106. The molecule has 0 heterocycles. The Hall–Kier alpha value is -1.94. The van der Waals surface area contributed by atoms with E-state index < -0.39 is 97.5 Å². The van der Waals surface area contributed by atoms with Crippen molar-refractivity contribution in [1.82, 2.24) is 0 Å². The zero-order valence-electron chi connectivity index (χ0n) is 57.6. The van der Waals surface area contributed by atoms with Crippen LogP contribution in [0.5, 0.6) is 0 Å². The maximum absolute atomic E-state index is 13.0. The van der Waals surface area contributed by atoms with Crippen LogP contribution in [0.1, 0.15) is 362 Å². The van der Waals surface area contributed by atoms with Crippen LogP contribution in [-0.4, -0.2) is 96.7 Å². The normalized spacial score (nSPS) is 14.1. The Bertz CT molecular complexity index is 1720. The Balaban J connectivity index is 5.24. The van der Waals surface area contributed by atoms with Crippen LogP contribution in [0.15, 0.2) is 0 Å². The number of hydrogen-bond acceptors (Lipinski definition) is 15. The molecule has 0 aromatic heterocycles. The molecule has 0 aromatic rings. The number of hydrogen-bond donors (Lipinski definition) is 3. The Labute approximate surface area is 543 Å². The lowest BCUT2D eigenvalue weighted by Crippen LogP contribution is -2.30. The van der Waals surface area contributed by atoms with Crippen LogP contribution in [0.25, 0.3) is 0 Å². The Kier molecular flexibility index (Phi) is 62.1. The van der Waals surface area contributed by atoms with Gasteiger partial charge in [-0.2, -0.15) is 0 Å². The average Bonchev–Trinajstić information content (AvgIpc) is 3.69. The fraction of sp³-hybridized carbons (Fsp3) is 0.943. The van der Waals surface area contributed by atoms with Gasteiger partial charge in [-0.3, -0.25) is 37.3 Å². The van der Waals surface area contributed by atoms with Crippen molar-refractivity contribution in [3.63, 3.8) is 0 Å². The van der Waals surface area contributed by atoms with Crippen molar-refractivity contribution < 1.29 is 80.2 Å². The first-order valence-electron chi connectivity index (χ1n) is 36.6. The molecule has 89 heavy (non-hydrogen) atoms. The quantitative estimate of drug-likeness (QED) is 0.0222. The second-order valence-corrected chi connectivity index (χ2v) is 28.7. The van der Waals surface area contributed by atoms with E-state index in [9.17, 15) is 43.2 Å². The molecular formula is C70H136O17P2. The summed E-state index contributed by atoms with van der Waals surface area (Å²) in [7, 11) is -9.90. The molecule has 528 valence electrons. The number of carbonyl (C=O) groups is 4. The molecule has 0 spiro atoms. The highest BCUT2D eigenvalue weighted by Crippen LogP contribution is 2.45. The molecule has 0 radical (unpaired) electrons. The molecular weight excluding hydrogens is 1170 g/mol. The molecule has 0 saturated heterocycles. The van der Waals surface area contributed by atoms with Gasteiger partial charge in [0.05, 0.1) is 26.4 Å². The average molecular weight is 1310 g/mol. The molecule has 5 atom stereocenters. The van der Waals surface area contributed by atoms with Crippen LogP contribution in [0.2, 0.25) is 0 Å². The van der Waals surface area contributed by atoms with Gasteiger partial charge in [-0.1, -0.05) is 311 Å². The summed E-state index contributed by atoms with van der Waals surface area (Å²) in [5, 5.41) is 10.6. The summed E-state index contributed by atoms with van der Waals surface area (Å²) in [6, 6.07) is 0. The lowest BCUT2D eigenvalue weighted by molar-refractivity contribution is -0.161. The van der Waals surface area contributed by atoms with Gasteiger partial charge in [0.15, 0.2) is 12.2 Å². The Morgan fingerprint density at radius 1 is 0.303 bits per heavy atom. The molecule has 2 unspecified atom stereocenters. The zero-order chi connectivity index (χ0) is 65.6. The third kappa shape index (κ3) is 64.6. The number of aliphatic hydroxyl groups excluding tert-OH is 1. The van der Waals surface area contributed by atoms with Crippen LogP contribution < -0.4 is 0 Å². The van der Waals surface area contributed by atoms with Crippen LogP contribution in [-0.2, 0) is 65.4 Å². The summed E-state index contributed by atoms with van der Waals surface area (Å²) in [5.41, 5.74) is 0. The highest BCUT2D eigenvalue weighted by atomic mass is 31.2. The van der Waals surface area contributed by atoms with E-state index in [1.807, 2.05) is 0 Å². The van der Waals surface area contributed by atoms with Crippen LogP contribution in [0.3, 0.4) is 0 Å². The number of phosphoric acid groups is 2. The molecule has 0 fully saturated rings. The maximum Gasteiger partial charge on any atom is 0.472 e. The molecule has 0 bridgehead atoms. The Morgan fingerprint density at radius 2 is 0.517 bits per heavy atom. The molecule has 0 aliphatic rings. The lowest BCUT2D eigenvalue weighted by Gasteiger charge is -2.21. The van der Waals surface area contributed by atoms with Crippen molar-refractivity contribution in [2.45, 2.75) is 380 Å². The van der Waals surface area contributed by atoms with E-state index in [0.717, 1.165) is 95.8 Å². The number of unbranched alkanes of at least 4 members (excludes halogenated alkanes) is 42. The van der Waals surface area contributed by atoms with Gasteiger partial charge in [0, 0.05) is 25.7 Å². The number of esters is 4. The Morgan fingerprint density at radius 3 is 0.764 bits per heavy atom. The van der Waals surface area contributed by atoms with Crippen LogP contribution in [0, 0.1) is 5.92 Å². The van der Waals surface area contributed by atoms with Gasteiger partial charge in [-0.15, -0.1) is 0 Å². The summed E-state index contributed by atoms with van der Waals surface area (Å²) in [4.78, 5) is 72.5. The topological polar surface area (TPSA) is 237 Å². The van der Waals surface area contributed by atoms with Gasteiger partial charge in [0.2, 0.25) is 0 Å². The van der Waals surface area contributed by atoms with E-state index in [4.69, 9.17) is 37.0 Å². The van der Waals surface area contributed by atoms with Crippen molar-refractivity contribution in [2.24, 2.45) is 5.92 Å². The molecule has 17 nitrogen and oxygen atoms in total. The number of rotatable bonds is 70. The molecule has 0 aliphatic carbocycles. The van der Waals surface area contributed by atoms with Gasteiger partial charge in [0.1, 0.15) is 19.3 Å². The summed E-state index contributed by atoms with van der Waals surface area (Å²) in [6.45, 7) is 7.21. The van der Waals surface area contributed by atoms with Crippen LogP contribution in [0.4, 0.5) is 0 Å². The minimum atomic E-state index is -4.95. The van der Waals surface area contributed by atoms with E-state index in [0.29, 0.717) is 25.7 Å². The van der Waals surface area contributed by atoms with E-state index >= 15 is 0 Å². The van der Waals surface area contributed by atoms with E-state index in [1.165, 1.54) is 186 Å². The number of aliphatic hydroxyl groups is 1. The summed E-state index contributed by atoms with van der Waals surface area (Å²) in [5.74, 6) is -1.39. The minimum Gasteiger partial charge on any atom is -0.462 e. The van der Waals surface area contributed by atoms with Crippen molar-refractivity contribution in [1.29, 1.82) is 0 Å². The second-order valence-electron chi connectivity index (χ2n) is 25.7. The summed E-state index contributed by atoms with van der Waals surface area (Å²) >= 11 is 0. The first-order valence-corrected chi connectivity index (χ1v) is 39.6. The lowest BCUT2D eigenvalue weighted by atomic mass is 10.0. The monoisotopic (exact) mass is 1310 g/mol. The highest BCUT2D eigenvalue weighted by Gasteiger charge is 2.30.